The summed E-state index contributed by atoms with van der Waals surface area (Å²) < 4.78 is 0. The van der Waals surface area contributed by atoms with E-state index in [0.29, 0.717) is 12.0 Å². The van der Waals surface area contributed by atoms with E-state index in [-0.39, 0.29) is 18.0 Å². The molecule has 0 saturated heterocycles. The first kappa shape index (κ1) is 9.47. The van der Waals surface area contributed by atoms with E-state index >= 15 is 0 Å². The quantitative estimate of drug-likeness (QED) is 0.409. The molecule has 1 rings (SSSR count). The number of hydrogen-bond acceptors (Lipinski definition) is 4. The Labute approximate surface area is 74.9 Å². The van der Waals surface area contributed by atoms with Gasteiger partial charge in [-0.05, 0) is 18.1 Å². The molecule has 0 amide bonds. The van der Waals surface area contributed by atoms with Gasteiger partial charge in [0.1, 0.15) is 5.69 Å². The summed E-state index contributed by atoms with van der Waals surface area (Å²) in [6, 6.07) is 4.52. The van der Waals surface area contributed by atoms with Crippen LogP contribution in [0.5, 0.6) is 0 Å². The van der Waals surface area contributed by atoms with E-state index in [1.165, 1.54) is 12.1 Å². The number of nitrogen functional groups attached to an aromatic ring is 1. The van der Waals surface area contributed by atoms with Gasteiger partial charge in [-0.15, -0.1) is 0 Å². The normalized spacial score (nSPS) is 9.92. The zero-order valence-corrected chi connectivity index (χ0v) is 6.93. The molecule has 0 aromatic heterocycles. The first-order chi connectivity index (χ1) is 6.15. The average molecular weight is 182 g/mol. The number of anilines is 1. The lowest BCUT2D eigenvalue weighted by atomic mass is 10.1. The third kappa shape index (κ3) is 2.16. The molecule has 70 valence electrons. The summed E-state index contributed by atoms with van der Waals surface area (Å²) in [4.78, 5) is 9.91. The zero-order chi connectivity index (χ0) is 9.84. The summed E-state index contributed by atoms with van der Waals surface area (Å²) >= 11 is 0. The second-order valence-electron chi connectivity index (χ2n) is 2.62. The number of nitrogens with zero attached hydrogens (tertiary/aromatic N) is 1. The SMILES string of the molecule is Nc1ccc(CCO)cc1[N+](=O)[O-]. The Morgan fingerprint density at radius 2 is 2.23 bits per heavy atom. The van der Waals surface area contributed by atoms with Crippen LogP contribution in [0.1, 0.15) is 5.56 Å². The minimum absolute atomic E-state index is 0.0267. The molecule has 0 saturated carbocycles. The molecule has 0 fully saturated rings. The molecule has 13 heavy (non-hydrogen) atoms. The Balaban J connectivity index is 3.04. The van der Waals surface area contributed by atoms with E-state index < -0.39 is 4.92 Å². The van der Waals surface area contributed by atoms with E-state index in [4.69, 9.17) is 10.8 Å². The van der Waals surface area contributed by atoms with Crippen molar-refractivity contribution in [2.45, 2.75) is 6.42 Å². The molecule has 1 aromatic rings. The highest BCUT2D eigenvalue weighted by atomic mass is 16.6. The van der Waals surface area contributed by atoms with E-state index in [0.717, 1.165) is 0 Å². The number of benzene rings is 1. The van der Waals surface area contributed by atoms with Gasteiger partial charge in [0, 0.05) is 12.7 Å². The molecule has 0 aliphatic rings. The van der Waals surface area contributed by atoms with E-state index in [1.54, 1.807) is 6.07 Å². The van der Waals surface area contributed by atoms with Gasteiger partial charge in [0.2, 0.25) is 0 Å². The minimum atomic E-state index is -0.532. The molecule has 5 nitrogen and oxygen atoms in total. The van der Waals surface area contributed by atoms with Crippen LogP contribution in [0.25, 0.3) is 0 Å². The topological polar surface area (TPSA) is 89.4 Å². The van der Waals surface area contributed by atoms with Crippen LogP contribution < -0.4 is 5.73 Å². The smallest absolute Gasteiger partial charge is 0.292 e. The Hall–Kier alpha value is -1.62. The molecule has 0 radical (unpaired) electrons. The highest BCUT2D eigenvalue weighted by Crippen LogP contribution is 2.22. The number of nitro groups is 1. The maximum atomic E-state index is 10.4. The van der Waals surface area contributed by atoms with Crippen molar-refractivity contribution in [3.8, 4) is 0 Å². The van der Waals surface area contributed by atoms with Crippen LogP contribution in [0.4, 0.5) is 11.4 Å². The molecule has 1 aromatic carbocycles. The molecule has 0 aliphatic carbocycles. The van der Waals surface area contributed by atoms with Crippen molar-refractivity contribution in [1.82, 2.24) is 0 Å². The van der Waals surface area contributed by atoms with Crippen molar-refractivity contribution in [3.63, 3.8) is 0 Å². The van der Waals surface area contributed by atoms with Gasteiger partial charge in [0.05, 0.1) is 4.92 Å². The second kappa shape index (κ2) is 3.86. The lowest BCUT2D eigenvalue weighted by Crippen LogP contribution is -1.98. The molecule has 0 spiro atoms. The summed E-state index contributed by atoms with van der Waals surface area (Å²) in [7, 11) is 0. The van der Waals surface area contributed by atoms with E-state index in [9.17, 15) is 10.1 Å². The van der Waals surface area contributed by atoms with E-state index in [1.807, 2.05) is 0 Å². The van der Waals surface area contributed by atoms with Crippen LogP contribution in [0.15, 0.2) is 18.2 Å². The molecule has 0 atom stereocenters. The summed E-state index contributed by atoms with van der Waals surface area (Å²) in [6.07, 6.45) is 0.404. The maximum absolute atomic E-state index is 10.4. The summed E-state index contributed by atoms with van der Waals surface area (Å²) in [5, 5.41) is 19.1. The van der Waals surface area contributed by atoms with Crippen molar-refractivity contribution in [3.05, 3.63) is 33.9 Å². The van der Waals surface area contributed by atoms with Gasteiger partial charge >= 0.3 is 0 Å². The summed E-state index contributed by atoms with van der Waals surface area (Å²) in [5.41, 5.74) is 6.13. The predicted molar refractivity (Wildman–Crippen MR) is 48.3 cm³/mol. The van der Waals surface area contributed by atoms with Crippen LogP contribution in [0, 0.1) is 10.1 Å². The van der Waals surface area contributed by atoms with Crippen molar-refractivity contribution in [2.24, 2.45) is 0 Å². The zero-order valence-electron chi connectivity index (χ0n) is 6.93. The minimum Gasteiger partial charge on any atom is -0.396 e. The lowest BCUT2D eigenvalue weighted by Gasteiger charge is -2.00. The van der Waals surface area contributed by atoms with Gasteiger partial charge in [0.25, 0.3) is 5.69 Å². The summed E-state index contributed by atoms with van der Waals surface area (Å²) in [6.45, 7) is -0.0267. The van der Waals surface area contributed by atoms with Crippen LogP contribution in [0.3, 0.4) is 0 Å². The number of hydrogen-bond donors (Lipinski definition) is 2. The van der Waals surface area contributed by atoms with Crippen LogP contribution in [-0.4, -0.2) is 16.6 Å². The van der Waals surface area contributed by atoms with Crippen molar-refractivity contribution < 1.29 is 10.0 Å². The van der Waals surface area contributed by atoms with Crippen molar-refractivity contribution >= 4 is 11.4 Å². The van der Waals surface area contributed by atoms with Gasteiger partial charge in [-0.3, -0.25) is 10.1 Å². The molecule has 0 unspecified atom stereocenters. The standard InChI is InChI=1S/C8H10N2O3/c9-7-2-1-6(3-4-11)5-8(7)10(12)13/h1-2,5,11H,3-4,9H2. The van der Waals surface area contributed by atoms with Gasteiger partial charge in [-0.25, -0.2) is 0 Å². The fourth-order valence-electron chi connectivity index (χ4n) is 1.03. The maximum Gasteiger partial charge on any atom is 0.292 e. The fraction of sp³-hybridized carbons (Fsp3) is 0.250. The number of rotatable bonds is 3. The predicted octanol–water partition coefficient (Wildman–Crippen LogP) is 0.712. The van der Waals surface area contributed by atoms with Crippen LogP contribution in [-0.2, 0) is 6.42 Å². The molecule has 0 bridgehead atoms. The highest BCUT2D eigenvalue weighted by molar-refractivity contribution is 5.59. The van der Waals surface area contributed by atoms with Crippen molar-refractivity contribution in [2.75, 3.05) is 12.3 Å². The van der Waals surface area contributed by atoms with Gasteiger partial charge < -0.3 is 10.8 Å². The lowest BCUT2D eigenvalue weighted by molar-refractivity contribution is -0.384. The molecule has 0 heterocycles. The molecular weight excluding hydrogens is 172 g/mol. The molecule has 5 heteroatoms. The number of aliphatic hydroxyl groups is 1. The van der Waals surface area contributed by atoms with Crippen LogP contribution in [0.2, 0.25) is 0 Å². The van der Waals surface area contributed by atoms with Gasteiger partial charge in [0.15, 0.2) is 0 Å². The first-order valence-corrected chi connectivity index (χ1v) is 3.79. The highest BCUT2D eigenvalue weighted by Gasteiger charge is 2.10. The van der Waals surface area contributed by atoms with Crippen molar-refractivity contribution in [1.29, 1.82) is 0 Å². The van der Waals surface area contributed by atoms with Gasteiger partial charge in [-0.2, -0.15) is 0 Å². The third-order valence-electron chi connectivity index (χ3n) is 1.69. The number of nitrogens with two attached hydrogens (primary N) is 1. The monoisotopic (exact) mass is 182 g/mol. The number of aliphatic hydroxyl groups excluding tert-OH is 1. The van der Waals surface area contributed by atoms with Crippen LogP contribution >= 0.6 is 0 Å². The second-order valence-corrected chi connectivity index (χ2v) is 2.62. The Bertz CT molecular complexity index is 325. The molecule has 0 aliphatic heterocycles. The Kier molecular flexibility index (Phi) is 2.81. The number of nitro benzene ring substituents is 1. The summed E-state index contributed by atoms with van der Waals surface area (Å²) in [5.74, 6) is 0. The van der Waals surface area contributed by atoms with Gasteiger partial charge in [-0.1, -0.05) is 6.07 Å². The molecule has 3 N–H and O–H groups in total. The Morgan fingerprint density at radius 3 is 2.77 bits per heavy atom. The first-order valence-electron chi connectivity index (χ1n) is 3.79. The third-order valence-corrected chi connectivity index (χ3v) is 1.69. The largest absolute Gasteiger partial charge is 0.396 e. The van der Waals surface area contributed by atoms with E-state index in [2.05, 4.69) is 0 Å². The Morgan fingerprint density at radius 1 is 1.54 bits per heavy atom. The average Bonchev–Trinajstić information content (AvgIpc) is 2.08. The molecular formula is C8H10N2O3. The fourth-order valence-corrected chi connectivity index (χ4v) is 1.03.